The molecule has 0 atom stereocenters. The third-order valence-electron chi connectivity index (χ3n) is 3.79. The van der Waals surface area contributed by atoms with Gasteiger partial charge in [0.2, 0.25) is 0 Å². The highest BCUT2D eigenvalue weighted by Crippen LogP contribution is 2.27. The van der Waals surface area contributed by atoms with E-state index in [-0.39, 0.29) is 0 Å². The zero-order valence-corrected chi connectivity index (χ0v) is 14.8. The normalized spacial score (nSPS) is 11.2. The Bertz CT molecular complexity index is 926. The van der Waals surface area contributed by atoms with Crippen LogP contribution in [0.4, 0.5) is 0 Å². The molecule has 0 spiro atoms. The van der Waals surface area contributed by atoms with Gasteiger partial charge in [-0.05, 0) is 17.7 Å². The maximum Gasteiger partial charge on any atom is 0.191 e. The first-order chi connectivity index (χ1) is 11.8. The highest BCUT2D eigenvalue weighted by atomic mass is 32.2. The van der Waals surface area contributed by atoms with E-state index >= 15 is 0 Å². The molecule has 2 aromatic carbocycles. The fraction of sp³-hybridized carbons (Fsp3) is 0.167. The number of rotatable bonds is 5. The number of fused-ring (bicyclic) bond motifs is 1. The lowest BCUT2D eigenvalue weighted by atomic mass is 10.1. The third-order valence-corrected chi connectivity index (χ3v) is 6.04. The standard InChI is InChI=1S/C18H16N4S2/c1-22-16(11-13-7-3-2-4-8-13)20-21-18(22)23-12-17-19-14-9-5-6-10-15(14)24-17/h2-10H,11-12H2,1H3. The summed E-state index contributed by atoms with van der Waals surface area (Å²) in [5.74, 6) is 1.80. The molecule has 0 aliphatic carbocycles. The highest BCUT2D eigenvalue weighted by Gasteiger charge is 2.11. The van der Waals surface area contributed by atoms with Crippen LogP contribution in [0.15, 0.2) is 59.8 Å². The molecule has 24 heavy (non-hydrogen) atoms. The van der Waals surface area contributed by atoms with E-state index in [2.05, 4.69) is 62.2 Å². The van der Waals surface area contributed by atoms with Gasteiger partial charge in [0.25, 0.3) is 0 Å². The van der Waals surface area contributed by atoms with E-state index in [1.54, 1.807) is 23.1 Å². The van der Waals surface area contributed by atoms with Crippen LogP contribution in [0.25, 0.3) is 10.2 Å². The predicted molar refractivity (Wildman–Crippen MR) is 99.4 cm³/mol. The molecule has 2 aromatic heterocycles. The van der Waals surface area contributed by atoms with Crippen LogP contribution in [0.5, 0.6) is 0 Å². The lowest BCUT2D eigenvalue weighted by Gasteiger charge is -2.03. The summed E-state index contributed by atoms with van der Waals surface area (Å²) in [6.07, 6.45) is 0.798. The molecule has 0 aliphatic heterocycles. The maximum atomic E-state index is 4.67. The molecule has 0 unspecified atom stereocenters. The van der Waals surface area contributed by atoms with Crippen LogP contribution in [-0.2, 0) is 19.2 Å². The molecule has 0 fully saturated rings. The van der Waals surface area contributed by atoms with Crippen molar-refractivity contribution in [2.75, 3.05) is 0 Å². The van der Waals surface area contributed by atoms with Crippen molar-refractivity contribution in [1.29, 1.82) is 0 Å². The fourth-order valence-corrected chi connectivity index (χ4v) is 4.40. The monoisotopic (exact) mass is 352 g/mol. The molecule has 0 aliphatic rings. The van der Waals surface area contributed by atoms with Gasteiger partial charge in [-0.1, -0.05) is 54.2 Å². The van der Waals surface area contributed by atoms with Gasteiger partial charge in [-0.25, -0.2) is 4.98 Å². The molecule has 2 heterocycles. The fourth-order valence-electron chi connectivity index (χ4n) is 2.51. The molecule has 0 saturated carbocycles. The second-order valence-corrected chi connectivity index (χ2v) is 7.54. The molecule has 120 valence electrons. The van der Waals surface area contributed by atoms with E-state index in [0.29, 0.717) is 0 Å². The van der Waals surface area contributed by atoms with Crippen molar-refractivity contribution in [3.05, 3.63) is 71.0 Å². The zero-order chi connectivity index (χ0) is 16.4. The SMILES string of the molecule is Cn1c(Cc2ccccc2)nnc1SCc1nc2ccccc2s1. The minimum Gasteiger partial charge on any atom is -0.309 e. The van der Waals surface area contributed by atoms with E-state index in [4.69, 9.17) is 0 Å². The molecule has 0 radical (unpaired) electrons. The first-order valence-corrected chi connectivity index (χ1v) is 9.49. The number of aromatic nitrogens is 4. The average molecular weight is 352 g/mol. The van der Waals surface area contributed by atoms with Crippen molar-refractivity contribution in [1.82, 2.24) is 19.7 Å². The largest absolute Gasteiger partial charge is 0.309 e. The van der Waals surface area contributed by atoms with Crippen molar-refractivity contribution in [3.8, 4) is 0 Å². The summed E-state index contributed by atoms with van der Waals surface area (Å²) in [6, 6.07) is 18.6. The molecule has 6 heteroatoms. The second-order valence-electron chi connectivity index (χ2n) is 5.48. The third kappa shape index (κ3) is 3.20. The Balaban J connectivity index is 1.47. The zero-order valence-electron chi connectivity index (χ0n) is 13.2. The Labute approximate surface area is 148 Å². The van der Waals surface area contributed by atoms with Crippen molar-refractivity contribution >= 4 is 33.3 Å². The van der Waals surface area contributed by atoms with Gasteiger partial charge in [0.15, 0.2) is 5.16 Å². The Kier molecular flexibility index (Phi) is 4.32. The first kappa shape index (κ1) is 15.4. The summed E-state index contributed by atoms with van der Waals surface area (Å²) in [4.78, 5) is 4.67. The van der Waals surface area contributed by atoms with Crippen LogP contribution in [0.3, 0.4) is 0 Å². The lowest BCUT2D eigenvalue weighted by molar-refractivity contribution is 0.749. The molecule has 0 bridgehead atoms. The van der Waals surface area contributed by atoms with E-state index in [1.165, 1.54) is 10.3 Å². The Morgan fingerprint density at radius 1 is 1.00 bits per heavy atom. The van der Waals surface area contributed by atoms with Crippen molar-refractivity contribution < 1.29 is 0 Å². The van der Waals surface area contributed by atoms with Gasteiger partial charge in [-0.2, -0.15) is 0 Å². The van der Waals surface area contributed by atoms with Crippen LogP contribution < -0.4 is 0 Å². The summed E-state index contributed by atoms with van der Waals surface area (Å²) in [7, 11) is 2.03. The molecule has 0 N–H and O–H groups in total. The minimum atomic E-state index is 0.798. The first-order valence-electron chi connectivity index (χ1n) is 7.69. The van der Waals surface area contributed by atoms with Crippen LogP contribution in [0, 0.1) is 0 Å². The smallest absolute Gasteiger partial charge is 0.191 e. The van der Waals surface area contributed by atoms with Crippen molar-refractivity contribution in [3.63, 3.8) is 0 Å². The minimum absolute atomic E-state index is 0.798. The maximum absolute atomic E-state index is 4.67. The molecule has 4 aromatic rings. The van der Waals surface area contributed by atoms with E-state index < -0.39 is 0 Å². The van der Waals surface area contributed by atoms with E-state index in [1.807, 2.05) is 19.2 Å². The molecular formula is C18H16N4S2. The molecule has 0 amide bonds. The summed E-state index contributed by atoms with van der Waals surface area (Å²) in [5, 5.41) is 10.7. The van der Waals surface area contributed by atoms with Crippen molar-refractivity contribution in [2.45, 2.75) is 17.3 Å². The van der Waals surface area contributed by atoms with Gasteiger partial charge >= 0.3 is 0 Å². The van der Waals surface area contributed by atoms with E-state index in [9.17, 15) is 0 Å². The number of para-hydroxylation sites is 1. The summed E-state index contributed by atoms with van der Waals surface area (Å²) < 4.78 is 3.31. The molecule has 4 nitrogen and oxygen atoms in total. The summed E-state index contributed by atoms with van der Waals surface area (Å²) >= 11 is 3.43. The molecule has 4 rings (SSSR count). The highest BCUT2D eigenvalue weighted by molar-refractivity contribution is 7.98. The second kappa shape index (κ2) is 6.75. The van der Waals surface area contributed by atoms with Crippen LogP contribution in [-0.4, -0.2) is 19.7 Å². The Morgan fingerprint density at radius 3 is 2.62 bits per heavy atom. The van der Waals surface area contributed by atoms with Gasteiger partial charge in [-0.3, -0.25) is 0 Å². The Hall–Kier alpha value is -2.18. The van der Waals surface area contributed by atoms with Gasteiger partial charge in [0, 0.05) is 13.5 Å². The van der Waals surface area contributed by atoms with Gasteiger partial charge in [0.05, 0.1) is 16.0 Å². The number of benzene rings is 2. The van der Waals surface area contributed by atoms with Gasteiger partial charge in [-0.15, -0.1) is 21.5 Å². The topological polar surface area (TPSA) is 43.6 Å². The number of thiazole rings is 1. The van der Waals surface area contributed by atoms with Gasteiger partial charge in [0.1, 0.15) is 10.8 Å². The summed E-state index contributed by atoms with van der Waals surface area (Å²) in [5.41, 5.74) is 2.32. The van der Waals surface area contributed by atoms with Crippen LogP contribution in [0.1, 0.15) is 16.4 Å². The quantitative estimate of drug-likeness (QED) is 0.502. The van der Waals surface area contributed by atoms with Crippen LogP contribution in [0.2, 0.25) is 0 Å². The molecular weight excluding hydrogens is 336 g/mol. The number of hydrogen-bond donors (Lipinski definition) is 0. The number of nitrogens with zero attached hydrogens (tertiary/aromatic N) is 4. The average Bonchev–Trinajstić information content (AvgIpc) is 3.18. The predicted octanol–water partition coefficient (Wildman–Crippen LogP) is 4.31. The lowest BCUT2D eigenvalue weighted by Crippen LogP contribution is -2.00. The molecule has 0 saturated heterocycles. The van der Waals surface area contributed by atoms with E-state index in [0.717, 1.165) is 33.7 Å². The van der Waals surface area contributed by atoms with Crippen LogP contribution >= 0.6 is 23.1 Å². The van der Waals surface area contributed by atoms with Crippen molar-refractivity contribution in [2.24, 2.45) is 7.05 Å². The van der Waals surface area contributed by atoms with Gasteiger partial charge < -0.3 is 4.57 Å². The number of hydrogen-bond acceptors (Lipinski definition) is 5. The summed E-state index contributed by atoms with van der Waals surface area (Å²) in [6.45, 7) is 0. The Morgan fingerprint density at radius 2 is 1.79 bits per heavy atom. The number of thioether (sulfide) groups is 1.